The first-order valence-corrected chi connectivity index (χ1v) is 7.43. The standard InChI is InChI=1S/C15H20BrNO4/c1-5-17(14(20)21-15(2,3)4)12(13(18)19)10-8-6-7-9-11(10)16/h6-9,12H,5H2,1-4H3,(H,18,19). The normalized spacial score (nSPS) is 12.6. The van der Waals surface area contributed by atoms with Crippen LogP contribution >= 0.6 is 15.9 Å². The second-order valence-electron chi connectivity index (χ2n) is 5.53. The van der Waals surface area contributed by atoms with Gasteiger partial charge >= 0.3 is 12.1 Å². The van der Waals surface area contributed by atoms with Gasteiger partial charge in [0.15, 0.2) is 6.04 Å². The topological polar surface area (TPSA) is 66.8 Å². The van der Waals surface area contributed by atoms with E-state index in [2.05, 4.69) is 15.9 Å². The quantitative estimate of drug-likeness (QED) is 0.888. The molecule has 1 atom stereocenters. The van der Waals surface area contributed by atoms with Crippen molar-refractivity contribution in [3.8, 4) is 0 Å². The molecule has 0 bridgehead atoms. The summed E-state index contributed by atoms with van der Waals surface area (Å²) in [7, 11) is 0. The van der Waals surface area contributed by atoms with Crippen molar-refractivity contribution in [2.75, 3.05) is 6.54 Å². The van der Waals surface area contributed by atoms with Crippen molar-refractivity contribution in [3.05, 3.63) is 34.3 Å². The van der Waals surface area contributed by atoms with E-state index in [1.807, 2.05) is 0 Å². The minimum atomic E-state index is -1.10. The summed E-state index contributed by atoms with van der Waals surface area (Å²) in [5.74, 6) is -1.10. The van der Waals surface area contributed by atoms with Gasteiger partial charge in [-0.2, -0.15) is 0 Å². The Balaban J connectivity index is 3.17. The van der Waals surface area contributed by atoms with Crippen LogP contribution in [0.2, 0.25) is 0 Å². The number of ether oxygens (including phenoxy) is 1. The van der Waals surface area contributed by atoms with Gasteiger partial charge in [0.05, 0.1) is 0 Å². The zero-order chi connectivity index (χ0) is 16.2. The van der Waals surface area contributed by atoms with Crippen LogP contribution in [-0.2, 0) is 9.53 Å². The van der Waals surface area contributed by atoms with Crippen molar-refractivity contribution in [1.29, 1.82) is 0 Å². The maximum Gasteiger partial charge on any atom is 0.411 e. The number of amides is 1. The largest absolute Gasteiger partial charge is 0.479 e. The maximum absolute atomic E-state index is 12.2. The molecule has 1 amide bonds. The Bertz CT molecular complexity index is 525. The molecular weight excluding hydrogens is 338 g/mol. The van der Waals surface area contributed by atoms with Gasteiger partial charge in [0, 0.05) is 16.6 Å². The van der Waals surface area contributed by atoms with Crippen LogP contribution in [0.5, 0.6) is 0 Å². The van der Waals surface area contributed by atoms with Crippen LogP contribution in [0.1, 0.15) is 39.3 Å². The highest BCUT2D eigenvalue weighted by atomic mass is 79.9. The lowest BCUT2D eigenvalue weighted by atomic mass is 10.1. The van der Waals surface area contributed by atoms with Crippen LogP contribution < -0.4 is 0 Å². The molecule has 0 heterocycles. The van der Waals surface area contributed by atoms with E-state index >= 15 is 0 Å². The Labute approximate surface area is 133 Å². The summed E-state index contributed by atoms with van der Waals surface area (Å²) in [4.78, 5) is 25.1. The molecule has 1 aromatic rings. The van der Waals surface area contributed by atoms with Gasteiger partial charge < -0.3 is 9.84 Å². The molecule has 0 spiro atoms. The number of halogens is 1. The summed E-state index contributed by atoms with van der Waals surface area (Å²) >= 11 is 3.33. The molecule has 6 heteroatoms. The molecule has 21 heavy (non-hydrogen) atoms. The van der Waals surface area contributed by atoms with E-state index in [1.54, 1.807) is 52.0 Å². The van der Waals surface area contributed by atoms with E-state index in [1.165, 1.54) is 4.90 Å². The summed E-state index contributed by atoms with van der Waals surface area (Å²) in [6.07, 6.45) is -0.645. The third-order valence-corrected chi connectivity index (χ3v) is 3.44. The van der Waals surface area contributed by atoms with E-state index in [0.29, 0.717) is 10.0 Å². The molecule has 0 aliphatic rings. The van der Waals surface area contributed by atoms with Crippen molar-refractivity contribution < 1.29 is 19.4 Å². The summed E-state index contributed by atoms with van der Waals surface area (Å²) in [6.45, 7) is 7.18. The van der Waals surface area contributed by atoms with Crippen molar-refractivity contribution in [3.63, 3.8) is 0 Å². The van der Waals surface area contributed by atoms with Crippen molar-refractivity contribution in [2.45, 2.75) is 39.3 Å². The Kier molecular flexibility index (Phi) is 5.78. The number of nitrogens with zero attached hydrogens (tertiary/aromatic N) is 1. The number of likely N-dealkylation sites (N-methyl/N-ethyl adjacent to an activating group) is 1. The van der Waals surface area contributed by atoms with E-state index in [0.717, 1.165) is 0 Å². The first kappa shape index (κ1) is 17.5. The first-order valence-electron chi connectivity index (χ1n) is 6.64. The number of carbonyl (C=O) groups is 2. The highest BCUT2D eigenvalue weighted by Crippen LogP contribution is 2.29. The minimum Gasteiger partial charge on any atom is -0.479 e. The van der Waals surface area contributed by atoms with Gasteiger partial charge in [-0.1, -0.05) is 34.1 Å². The second kappa shape index (κ2) is 6.93. The molecule has 0 saturated carbocycles. The molecule has 116 valence electrons. The molecule has 0 fully saturated rings. The minimum absolute atomic E-state index is 0.229. The van der Waals surface area contributed by atoms with Crippen LogP contribution in [0.25, 0.3) is 0 Å². The van der Waals surface area contributed by atoms with Gasteiger partial charge in [-0.3, -0.25) is 4.90 Å². The monoisotopic (exact) mass is 357 g/mol. The van der Waals surface area contributed by atoms with Gasteiger partial charge in [0.25, 0.3) is 0 Å². The van der Waals surface area contributed by atoms with Gasteiger partial charge in [-0.15, -0.1) is 0 Å². The highest BCUT2D eigenvalue weighted by molar-refractivity contribution is 9.10. The summed E-state index contributed by atoms with van der Waals surface area (Å²) < 4.78 is 5.93. The SMILES string of the molecule is CCN(C(=O)OC(C)(C)C)C(C(=O)O)c1ccccc1Br. The van der Waals surface area contributed by atoms with Crippen molar-refractivity contribution in [2.24, 2.45) is 0 Å². The van der Waals surface area contributed by atoms with Gasteiger partial charge in [-0.05, 0) is 33.8 Å². The Morgan fingerprint density at radius 2 is 1.90 bits per heavy atom. The fourth-order valence-electron chi connectivity index (χ4n) is 1.87. The zero-order valence-electron chi connectivity index (χ0n) is 12.6. The number of hydrogen-bond acceptors (Lipinski definition) is 3. The van der Waals surface area contributed by atoms with E-state index in [-0.39, 0.29) is 6.54 Å². The average molecular weight is 358 g/mol. The summed E-state index contributed by atoms with van der Waals surface area (Å²) in [6, 6.07) is 5.85. The molecule has 1 rings (SSSR count). The van der Waals surface area contributed by atoms with Crippen LogP contribution in [0.3, 0.4) is 0 Å². The number of benzene rings is 1. The van der Waals surface area contributed by atoms with Gasteiger partial charge in [-0.25, -0.2) is 9.59 Å². The van der Waals surface area contributed by atoms with Gasteiger partial charge in [0.2, 0.25) is 0 Å². The first-order chi connectivity index (χ1) is 9.67. The number of rotatable bonds is 4. The van der Waals surface area contributed by atoms with E-state index < -0.39 is 23.7 Å². The van der Waals surface area contributed by atoms with Gasteiger partial charge in [0.1, 0.15) is 5.60 Å². The maximum atomic E-state index is 12.2. The molecule has 0 aromatic heterocycles. The number of hydrogen-bond donors (Lipinski definition) is 1. The molecule has 0 radical (unpaired) electrons. The second-order valence-corrected chi connectivity index (χ2v) is 6.38. The number of aliphatic carboxylic acids is 1. The Hall–Kier alpha value is -1.56. The molecule has 1 aromatic carbocycles. The van der Waals surface area contributed by atoms with Crippen LogP contribution in [0.15, 0.2) is 28.7 Å². The van der Waals surface area contributed by atoms with Crippen LogP contribution in [-0.4, -0.2) is 34.2 Å². The molecular formula is C15H20BrNO4. The molecule has 5 nitrogen and oxygen atoms in total. The number of carbonyl (C=O) groups excluding carboxylic acids is 1. The lowest BCUT2D eigenvalue weighted by Gasteiger charge is -2.31. The molecule has 1 unspecified atom stereocenters. The van der Waals surface area contributed by atoms with Crippen LogP contribution in [0, 0.1) is 0 Å². The van der Waals surface area contributed by atoms with Crippen molar-refractivity contribution in [1.82, 2.24) is 4.90 Å². The van der Waals surface area contributed by atoms with Crippen LogP contribution in [0.4, 0.5) is 4.79 Å². The van der Waals surface area contributed by atoms with E-state index in [9.17, 15) is 14.7 Å². The lowest BCUT2D eigenvalue weighted by Crippen LogP contribution is -2.42. The third-order valence-electron chi connectivity index (χ3n) is 2.71. The summed E-state index contributed by atoms with van der Waals surface area (Å²) in [5.41, 5.74) is -0.167. The Morgan fingerprint density at radius 3 is 2.33 bits per heavy atom. The number of carboxylic acid groups (broad SMARTS) is 1. The van der Waals surface area contributed by atoms with Crippen molar-refractivity contribution >= 4 is 28.0 Å². The molecule has 1 N–H and O–H groups in total. The highest BCUT2D eigenvalue weighted by Gasteiger charge is 2.34. The Morgan fingerprint density at radius 1 is 1.33 bits per heavy atom. The molecule has 0 aliphatic carbocycles. The zero-order valence-corrected chi connectivity index (χ0v) is 14.2. The fourth-order valence-corrected chi connectivity index (χ4v) is 2.37. The summed E-state index contributed by atoms with van der Waals surface area (Å²) in [5, 5.41) is 9.53. The lowest BCUT2D eigenvalue weighted by molar-refractivity contribution is -0.143. The average Bonchev–Trinajstić information content (AvgIpc) is 2.34. The van der Waals surface area contributed by atoms with E-state index in [4.69, 9.17) is 4.74 Å². The predicted molar refractivity (Wildman–Crippen MR) is 83.1 cm³/mol. The predicted octanol–water partition coefficient (Wildman–Crippen LogP) is 3.83. The molecule has 0 aliphatic heterocycles. The molecule has 0 saturated heterocycles. The third kappa shape index (κ3) is 4.74. The number of carboxylic acids is 1. The fraction of sp³-hybridized carbons (Fsp3) is 0.467. The smallest absolute Gasteiger partial charge is 0.411 e.